The molecular weight excluding hydrogens is 200 g/mol. The zero-order valence-corrected chi connectivity index (χ0v) is 10.5. The van der Waals surface area contributed by atoms with Crippen LogP contribution in [0.25, 0.3) is 0 Å². The van der Waals surface area contributed by atoms with Crippen molar-refractivity contribution in [3.63, 3.8) is 0 Å². The van der Waals surface area contributed by atoms with Crippen LogP contribution in [-0.2, 0) is 0 Å². The van der Waals surface area contributed by atoms with Crippen LogP contribution in [0.1, 0.15) is 18.4 Å². The number of aromatic nitrogens is 1. The van der Waals surface area contributed by atoms with E-state index in [-0.39, 0.29) is 0 Å². The number of anilines is 2. The smallest absolute Gasteiger partial charge is 0.128 e. The van der Waals surface area contributed by atoms with Crippen LogP contribution >= 0.6 is 0 Å². The SMILES string of the molecule is Cc1cc(N)cnc1NCCCCN(C)C. The molecule has 0 unspecified atom stereocenters. The number of hydrogen-bond donors (Lipinski definition) is 2. The Hall–Kier alpha value is -1.29. The number of rotatable bonds is 6. The van der Waals surface area contributed by atoms with Crippen molar-refractivity contribution in [3.8, 4) is 0 Å². The van der Waals surface area contributed by atoms with Crippen LogP contribution in [0, 0.1) is 6.92 Å². The molecule has 4 heteroatoms. The third-order valence-electron chi connectivity index (χ3n) is 2.42. The molecule has 0 aliphatic rings. The van der Waals surface area contributed by atoms with E-state index in [9.17, 15) is 0 Å². The van der Waals surface area contributed by atoms with E-state index in [1.807, 2.05) is 13.0 Å². The minimum atomic E-state index is 0.718. The fourth-order valence-electron chi connectivity index (χ4n) is 1.54. The number of nitrogen functional groups attached to an aromatic ring is 1. The molecule has 0 saturated heterocycles. The first-order valence-corrected chi connectivity index (χ1v) is 5.70. The summed E-state index contributed by atoms with van der Waals surface area (Å²) in [5, 5.41) is 3.33. The molecule has 16 heavy (non-hydrogen) atoms. The molecule has 1 heterocycles. The lowest BCUT2D eigenvalue weighted by molar-refractivity contribution is 0.396. The molecule has 0 fully saturated rings. The molecule has 0 aliphatic heterocycles. The van der Waals surface area contributed by atoms with Crippen LogP contribution in [0.3, 0.4) is 0 Å². The van der Waals surface area contributed by atoms with Crippen molar-refractivity contribution in [1.29, 1.82) is 0 Å². The van der Waals surface area contributed by atoms with E-state index in [4.69, 9.17) is 5.73 Å². The van der Waals surface area contributed by atoms with E-state index in [2.05, 4.69) is 29.3 Å². The van der Waals surface area contributed by atoms with E-state index in [0.29, 0.717) is 0 Å². The van der Waals surface area contributed by atoms with Gasteiger partial charge in [0.25, 0.3) is 0 Å². The highest BCUT2D eigenvalue weighted by Gasteiger charge is 1.99. The molecule has 1 rings (SSSR count). The molecule has 0 spiro atoms. The second-order valence-corrected chi connectivity index (χ2v) is 4.37. The Morgan fingerprint density at radius 1 is 1.38 bits per heavy atom. The van der Waals surface area contributed by atoms with Crippen LogP contribution in [0.5, 0.6) is 0 Å². The maximum absolute atomic E-state index is 5.64. The summed E-state index contributed by atoms with van der Waals surface area (Å²) in [6.45, 7) is 4.12. The summed E-state index contributed by atoms with van der Waals surface area (Å²) in [6.07, 6.45) is 4.05. The summed E-state index contributed by atoms with van der Waals surface area (Å²) >= 11 is 0. The van der Waals surface area contributed by atoms with Crippen LogP contribution in [0.2, 0.25) is 0 Å². The average molecular weight is 222 g/mol. The minimum Gasteiger partial charge on any atom is -0.397 e. The molecule has 0 aliphatic carbocycles. The largest absolute Gasteiger partial charge is 0.397 e. The van der Waals surface area contributed by atoms with Crippen molar-refractivity contribution in [2.75, 3.05) is 38.2 Å². The van der Waals surface area contributed by atoms with Gasteiger partial charge in [0.1, 0.15) is 5.82 Å². The number of nitrogens with zero attached hydrogens (tertiary/aromatic N) is 2. The van der Waals surface area contributed by atoms with Gasteiger partial charge in [-0.3, -0.25) is 0 Å². The quantitative estimate of drug-likeness (QED) is 0.720. The highest BCUT2D eigenvalue weighted by Crippen LogP contribution is 2.13. The summed E-state index contributed by atoms with van der Waals surface area (Å²) in [7, 11) is 4.19. The van der Waals surface area contributed by atoms with Crippen molar-refractivity contribution >= 4 is 11.5 Å². The van der Waals surface area contributed by atoms with Crippen molar-refractivity contribution in [2.45, 2.75) is 19.8 Å². The Morgan fingerprint density at radius 3 is 2.75 bits per heavy atom. The normalized spacial score (nSPS) is 10.8. The van der Waals surface area contributed by atoms with Gasteiger partial charge in [0.15, 0.2) is 0 Å². The maximum atomic E-state index is 5.64. The molecule has 0 atom stereocenters. The van der Waals surface area contributed by atoms with Gasteiger partial charge in [-0.25, -0.2) is 4.98 Å². The van der Waals surface area contributed by atoms with Crippen LogP contribution in [0.15, 0.2) is 12.3 Å². The first kappa shape index (κ1) is 12.8. The number of nitrogens with two attached hydrogens (primary N) is 1. The van der Waals surface area contributed by atoms with Crippen LogP contribution in [-0.4, -0.2) is 37.1 Å². The summed E-state index contributed by atoms with van der Waals surface area (Å²) in [6, 6.07) is 1.94. The first-order chi connectivity index (χ1) is 7.59. The van der Waals surface area contributed by atoms with Crippen molar-refractivity contribution in [3.05, 3.63) is 17.8 Å². The van der Waals surface area contributed by atoms with E-state index in [1.165, 1.54) is 6.42 Å². The Labute approximate surface area is 97.9 Å². The van der Waals surface area contributed by atoms with Crippen molar-refractivity contribution in [1.82, 2.24) is 9.88 Å². The maximum Gasteiger partial charge on any atom is 0.128 e. The minimum absolute atomic E-state index is 0.718. The van der Waals surface area contributed by atoms with Crippen LogP contribution in [0.4, 0.5) is 11.5 Å². The van der Waals surface area contributed by atoms with Gasteiger partial charge in [-0.15, -0.1) is 0 Å². The molecule has 90 valence electrons. The Kier molecular flexibility index (Phi) is 5.05. The Bertz CT molecular complexity index is 323. The fourth-order valence-corrected chi connectivity index (χ4v) is 1.54. The van der Waals surface area contributed by atoms with Gasteiger partial charge in [-0.1, -0.05) is 0 Å². The van der Waals surface area contributed by atoms with Gasteiger partial charge >= 0.3 is 0 Å². The molecule has 0 saturated carbocycles. The van der Waals surface area contributed by atoms with Crippen molar-refractivity contribution < 1.29 is 0 Å². The van der Waals surface area contributed by atoms with E-state index < -0.39 is 0 Å². The van der Waals surface area contributed by atoms with E-state index >= 15 is 0 Å². The zero-order valence-electron chi connectivity index (χ0n) is 10.5. The molecule has 1 aromatic rings. The predicted octanol–water partition coefficient (Wildman–Crippen LogP) is 1.73. The van der Waals surface area contributed by atoms with E-state index in [1.54, 1.807) is 6.20 Å². The lowest BCUT2D eigenvalue weighted by Gasteiger charge is -2.11. The number of pyridine rings is 1. The monoisotopic (exact) mass is 222 g/mol. The van der Waals surface area contributed by atoms with Gasteiger partial charge in [0.2, 0.25) is 0 Å². The lowest BCUT2D eigenvalue weighted by atomic mass is 10.2. The molecule has 0 radical (unpaired) electrons. The molecule has 0 aromatic carbocycles. The predicted molar refractivity (Wildman–Crippen MR) is 69.7 cm³/mol. The summed E-state index contributed by atoms with van der Waals surface area (Å²) in [5.41, 5.74) is 7.46. The fraction of sp³-hybridized carbons (Fsp3) is 0.583. The van der Waals surface area contributed by atoms with Gasteiger partial charge in [-0.2, -0.15) is 0 Å². The third kappa shape index (κ3) is 4.49. The molecule has 4 nitrogen and oxygen atoms in total. The standard InChI is InChI=1S/C12H22N4/c1-10-8-11(13)9-15-12(10)14-6-4-5-7-16(2)3/h8-9H,4-7,13H2,1-3H3,(H,14,15). The molecule has 0 bridgehead atoms. The van der Waals surface area contributed by atoms with Gasteiger partial charge < -0.3 is 16.0 Å². The second-order valence-electron chi connectivity index (χ2n) is 4.37. The lowest BCUT2D eigenvalue weighted by Crippen LogP contribution is -2.14. The van der Waals surface area contributed by atoms with Gasteiger partial charge in [0, 0.05) is 6.54 Å². The molecule has 1 aromatic heterocycles. The highest BCUT2D eigenvalue weighted by atomic mass is 15.0. The molecule has 0 amide bonds. The summed E-state index contributed by atoms with van der Waals surface area (Å²) < 4.78 is 0. The Morgan fingerprint density at radius 2 is 2.12 bits per heavy atom. The van der Waals surface area contributed by atoms with Gasteiger partial charge in [-0.05, 0) is 52.0 Å². The van der Waals surface area contributed by atoms with E-state index in [0.717, 1.165) is 36.6 Å². The second kappa shape index (κ2) is 6.33. The summed E-state index contributed by atoms with van der Waals surface area (Å²) in [5.74, 6) is 0.944. The third-order valence-corrected chi connectivity index (χ3v) is 2.42. The van der Waals surface area contributed by atoms with Gasteiger partial charge in [0.05, 0.1) is 11.9 Å². The number of hydrogen-bond acceptors (Lipinski definition) is 4. The average Bonchev–Trinajstić information content (AvgIpc) is 2.20. The molecular formula is C12H22N4. The zero-order chi connectivity index (χ0) is 12.0. The Balaban J connectivity index is 2.27. The van der Waals surface area contributed by atoms with Crippen LogP contribution < -0.4 is 11.1 Å². The molecule has 3 N–H and O–H groups in total. The number of unbranched alkanes of at least 4 members (excludes halogenated alkanes) is 1. The van der Waals surface area contributed by atoms with Crippen molar-refractivity contribution in [2.24, 2.45) is 0 Å². The number of nitrogens with one attached hydrogen (secondary N) is 1. The summed E-state index contributed by atoms with van der Waals surface area (Å²) in [4.78, 5) is 6.47. The topological polar surface area (TPSA) is 54.2 Å². The highest BCUT2D eigenvalue weighted by molar-refractivity contribution is 5.50. The first-order valence-electron chi connectivity index (χ1n) is 5.70. The number of aryl methyl sites for hydroxylation is 1.